The van der Waals surface area contributed by atoms with Gasteiger partial charge in [0.2, 0.25) is 11.8 Å². The maximum atomic E-state index is 12.6. The summed E-state index contributed by atoms with van der Waals surface area (Å²) in [6.45, 7) is 0. The number of hydrogen-bond donors (Lipinski definition) is 4. The Balaban J connectivity index is 2.02. The normalized spacial score (nSPS) is 12.7. The lowest BCUT2D eigenvalue weighted by Crippen LogP contribution is -2.50. The Hall–Kier alpha value is -3.19. The Labute approximate surface area is 170 Å². The summed E-state index contributed by atoms with van der Waals surface area (Å²) in [5.41, 5.74) is 12.9. The number of carbonyl (C=O) groups is 3. The van der Waals surface area contributed by atoms with Gasteiger partial charge < -0.3 is 21.9 Å². The molecule has 6 N–H and O–H groups in total. The minimum atomic E-state index is -0.837. The van der Waals surface area contributed by atoms with Gasteiger partial charge in [-0.25, -0.2) is 0 Å². The minimum absolute atomic E-state index is 0.123. The molecule has 0 unspecified atom stereocenters. The number of phenols is 1. The van der Waals surface area contributed by atoms with Crippen molar-refractivity contribution in [2.24, 2.45) is 11.5 Å². The van der Waals surface area contributed by atoms with Crippen LogP contribution in [0.4, 0.5) is 0 Å². The third kappa shape index (κ3) is 7.75. The fourth-order valence-electron chi connectivity index (χ4n) is 2.96. The van der Waals surface area contributed by atoms with Crippen LogP contribution < -0.4 is 16.8 Å². The van der Waals surface area contributed by atoms with Crippen molar-refractivity contribution in [3.05, 3.63) is 65.7 Å². The quantitative estimate of drug-likeness (QED) is 0.452. The number of amides is 2. The zero-order valence-electron chi connectivity index (χ0n) is 16.2. The van der Waals surface area contributed by atoms with E-state index < -0.39 is 23.9 Å². The van der Waals surface area contributed by atoms with Gasteiger partial charge in [0.25, 0.3) is 0 Å². The summed E-state index contributed by atoms with van der Waals surface area (Å²) in [4.78, 5) is 36.1. The summed E-state index contributed by atoms with van der Waals surface area (Å²) in [7, 11) is 0. The number of benzene rings is 2. The molecule has 7 nitrogen and oxygen atoms in total. The fraction of sp³-hybridized carbons (Fsp3) is 0.318. The number of aromatic hydroxyl groups is 1. The number of nitrogens with one attached hydrogen (secondary N) is 1. The Morgan fingerprint density at radius 2 is 1.52 bits per heavy atom. The minimum Gasteiger partial charge on any atom is -0.508 e. The molecular weight excluding hydrogens is 370 g/mol. The third-order valence-corrected chi connectivity index (χ3v) is 4.56. The van der Waals surface area contributed by atoms with Gasteiger partial charge in [0.05, 0.1) is 12.1 Å². The summed E-state index contributed by atoms with van der Waals surface area (Å²) in [5.74, 6) is -0.920. The van der Waals surface area contributed by atoms with Gasteiger partial charge in [-0.1, -0.05) is 42.5 Å². The summed E-state index contributed by atoms with van der Waals surface area (Å²) in [5, 5.41) is 12.1. The van der Waals surface area contributed by atoms with E-state index in [1.165, 1.54) is 12.1 Å². The van der Waals surface area contributed by atoms with Crippen molar-refractivity contribution in [2.75, 3.05) is 0 Å². The van der Waals surface area contributed by atoms with Gasteiger partial charge in [-0.15, -0.1) is 0 Å². The van der Waals surface area contributed by atoms with Crippen LogP contribution in [-0.2, 0) is 27.2 Å². The predicted octanol–water partition coefficient (Wildman–Crippen LogP) is 1.21. The first-order valence-corrected chi connectivity index (χ1v) is 9.54. The van der Waals surface area contributed by atoms with Crippen molar-refractivity contribution in [1.29, 1.82) is 0 Å². The molecule has 29 heavy (non-hydrogen) atoms. The van der Waals surface area contributed by atoms with Crippen LogP contribution >= 0.6 is 0 Å². The Morgan fingerprint density at radius 3 is 2.14 bits per heavy atom. The van der Waals surface area contributed by atoms with Gasteiger partial charge >= 0.3 is 0 Å². The van der Waals surface area contributed by atoms with E-state index >= 15 is 0 Å². The summed E-state index contributed by atoms with van der Waals surface area (Å²) in [6.07, 6.45) is 1.23. The Bertz CT molecular complexity index is 822. The van der Waals surface area contributed by atoms with Crippen molar-refractivity contribution >= 4 is 17.6 Å². The highest BCUT2D eigenvalue weighted by atomic mass is 16.3. The van der Waals surface area contributed by atoms with Crippen molar-refractivity contribution in [3.8, 4) is 5.75 Å². The predicted molar refractivity (Wildman–Crippen MR) is 110 cm³/mol. The number of hydrogen-bond acceptors (Lipinski definition) is 5. The summed E-state index contributed by atoms with van der Waals surface area (Å²) >= 11 is 0. The van der Waals surface area contributed by atoms with Crippen LogP contribution in [0.5, 0.6) is 5.75 Å². The molecule has 2 rings (SSSR count). The largest absolute Gasteiger partial charge is 0.508 e. The van der Waals surface area contributed by atoms with Crippen LogP contribution in [0.1, 0.15) is 30.4 Å². The molecule has 0 saturated heterocycles. The highest BCUT2D eigenvalue weighted by Gasteiger charge is 2.24. The zero-order valence-corrected chi connectivity index (χ0v) is 16.2. The van der Waals surface area contributed by atoms with E-state index in [0.717, 1.165) is 11.1 Å². The summed E-state index contributed by atoms with van der Waals surface area (Å²) in [6, 6.07) is 14.2. The number of ketones is 1. The molecule has 0 spiro atoms. The molecule has 0 aliphatic rings. The second kappa shape index (κ2) is 11.0. The van der Waals surface area contributed by atoms with Crippen molar-refractivity contribution in [1.82, 2.24) is 5.32 Å². The molecule has 0 saturated carbocycles. The number of Topliss-reactive ketones (excluding diaryl/α,β-unsaturated/α-hetero) is 1. The monoisotopic (exact) mass is 397 g/mol. The first kappa shape index (κ1) is 22.1. The van der Waals surface area contributed by atoms with Crippen LogP contribution in [0.15, 0.2) is 54.6 Å². The molecule has 0 fully saturated rings. The SMILES string of the molecule is NC(=O)CCCC(=O)[C@@H](Cc1ccccc1)NC(=O)[C@@H](N)Cc1ccc(O)cc1. The molecule has 154 valence electrons. The Morgan fingerprint density at radius 1 is 0.897 bits per heavy atom. The highest BCUT2D eigenvalue weighted by molar-refractivity contribution is 5.91. The number of primary amides is 1. The van der Waals surface area contributed by atoms with E-state index in [4.69, 9.17) is 11.5 Å². The maximum absolute atomic E-state index is 12.6. The third-order valence-electron chi connectivity index (χ3n) is 4.56. The molecule has 0 heterocycles. The van der Waals surface area contributed by atoms with Gasteiger partial charge in [-0.2, -0.15) is 0 Å². The molecule has 0 aromatic heterocycles. The van der Waals surface area contributed by atoms with Crippen LogP contribution in [0, 0.1) is 0 Å². The van der Waals surface area contributed by atoms with Gasteiger partial charge in [0.1, 0.15) is 5.75 Å². The van der Waals surface area contributed by atoms with E-state index in [1.807, 2.05) is 30.3 Å². The first-order chi connectivity index (χ1) is 13.8. The van der Waals surface area contributed by atoms with Crippen LogP contribution in [0.2, 0.25) is 0 Å². The summed E-state index contributed by atoms with van der Waals surface area (Å²) < 4.78 is 0. The average Bonchev–Trinajstić information content (AvgIpc) is 2.69. The van der Waals surface area contributed by atoms with Gasteiger partial charge in [0, 0.05) is 12.8 Å². The maximum Gasteiger partial charge on any atom is 0.237 e. The molecule has 0 aliphatic heterocycles. The number of phenolic OH excluding ortho intramolecular Hbond substituents is 1. The number of nitrogens with two attached hydrogens (primary N) is 2. The number of rotatable bonds is 11. The molecule has 0 aliphatic carbocycles. The van der Waals surface area contributed by atoms with Gasteiger partial charge in [0.15, 0.2) is 5.78 Å². The smallest absolute Gasteiger partial charge is 0.237 e. The molecular formula is C22H27N3O4. The molecule has 2 aromatic rings. The van der Waals surface area contributed by atoms with Crippen LogP contribution in [0.3, 0.4) is 0 Å². The second-order valence-corrected chi connectivity index (χ2v) is 7.01. The van der Waals surface area contributed by atoms with E-state index in [0.29, 0.717) is 12.8 Å². The second-order valence-electron chi connectivity index (χ2n) is 7.01. The Kier molecular flexibility index (Phi) is 8.36. The van der Waals surface area contributed by atoms with E-state index in [9.17, 15) is 19.5 Å². The van der Waals surface area contributed by atoms with E-state index in [2.05, 4.69) is 5.32 Å². The molecule has 2 amide bonds. The van der Waals surface area contributed by atoms with E-state index in [1.54, 1.807) is 12.1 Å². The van der Waals surface area contributed by atoms with Crippen molar-refractivity contribution in [2.45, 2.75) is 44.2 Å². The molecule has 2 aromatic carbocycles. The lowest BCUT2D eigenvalue weighted by molar-refractivity contribution is -0.128. The molecule has 0 bridgehead atoms. The van der Waals surface area contributed by atoms with Crippen LogP contribution in [0.25, 0.3) is 0 Å². The van der Waals surface area contributed by atoms with Crippen LogP contribution in [-0.4, -0.2) is 34.8 Å². The lowest BCUT2D eigenvalue weighted by Gasteiger charge is -2.20. The van der Waals surface area contributed by atoms with Crippen molar-refractivity contribution < 1.29 is 19.5 Å². The van der Waals surface area contributed by atoms with Crippen molar-refractivity contribution in [3.63, 3.8) is 0 Å². The van der Waals surface area contributed by atoms with E-state index in [-0.39, 0.29) is 30.8 Å². The van der Waals surface area contributed by atoms with Gasteiger partial charge in [-0.3, -0.25) is 14.4 Å². The first-order valence-electron chi connectivity index (χ1n) is 9.54. The van der Waals surface area contributed by atoms with Gasteiger partial charge in [-0.05, 0) is 42.5 Å². The standard InChI is InChI=1S/C22H27N3O4/c23-18(13-16-9-11-17(26)12-10-16)22(29)25-19(14-15-5-2-1-3-6-15)20(27)7-4-8-21(24)28/h1-3,5-6,9-12,18-19,26H,4,7-8,13-14,23H2,(H2,24,28)(H,25,29)/t18-,19+/m0/s1. The highest BCUT2D eigenvalue weighted by Crippen LogP contribution is 2.12. The fourth-order valence-corrected chi connectivity index (χ4v) is 2.96. The molecule has 2 atom stereocenters. The number of carbonyl (C=O) groups excluding carboxylic acids is 3. The molecule has 7 heteroatoms. The topological polar surface area (TPSA) is 136 Å². The lowest BCUT2D eigenvalue weighted by atomic mass is 9.98. The molecule has 0 radical (unpaired) electrons. The zero-order chi connectivity index (χ0) is 21.2. The average molecular weight is 397 g/mol.